The molecule has 0 radical (unpaired) electrons. The maximum atomic E-state index is 12.6. The average molecular weight is 385 g/mol. The van der Waals surface area contributed by atoms with Crippen molar-refractivity contribution in [2.24, 2.45) is 5.92 Å². The number of benzene rings is 2. The molecule has 0 heterocycles. The van der Waals surface area contributed by atoms with Crippen LogP contribution in [-0.2, 0) is 4.79 Å². The summed E-state index contributed by atoms with van der Waals surface area (Å²) in [7, 11) is 0. The molecule has 2 aromatic rings. The van der Waals surface area contributed by atoms with Crippen LogP contribution in [0.3, 0.4) is 0 Å². The maximum absolute atomic E-state index is 12.6. The second-order valence-corrected chi connectivity index (χ2v) is 8.09. The van der Waals surface area contributed by atoms with Gasteiger partial charge in [0, 0.05) is 22.8 Å². The molecule has 2 N–H and O–H groups in total. The van der Waals surface area contributed by atoms with E-state index in [-0.39, 0.29) is 11.8 Å². The van der Waals surface area contributed by atoms with Crippen molar-refractivity contribution in [3.63, 3.8) is 0 Å². The summed E-state index contributed by atoms with van der Waals surface area (Å²) in [5, 5.41) is 5.86. The van der Waals surface area contributed by atoms with Crippen LogP contribution in [0, 0.1) is 12.8 Å². The van der Waals surface area contributed by atoms with Crippen LogP contribution < -0.4 is 10.6 Å². The second-order valence-electron chi connectivity index (χ2n) is 6.92. The van der Waals surface area contributed by atoms with Gasteiger partial charge in [-0.25, -0.2) is 0 Å². The van der Waals surface area contributed by atoms with Gasteiger partial charge in [-0.15, -0.1) is 11.8 Å². The lowest BCUT2D eigenvalue weighted by molar-refractivity contribution is -0.123. The van der Waals surface area contributed by atoms with E-state index in [2.05, 4.69) is 22.8 Å². The van der Waals surface area contributed by atoms with E-state index in [4.69, 9.17) is 0 Å². The van der Waals surface area contributed by atoms with E-state index < -0.39 is 6.04 Å². The lowest BCUT2D eigenvalue weighted by atomic mass is 10.0. The number of nitrogens with one attached hydrogen (secondary N) is 2. The van der Waals surface area contributed by atoms with E-state index in [0.29, 0.717) is 24.4 Å². The van der Waals surface area contributed by atoms with Crippen molar-refractivity contribution in [1.29, 1.82) is 0 Å². The highest BCUT2D eigenvalue weighted by atomic mass is 32.2. The van der Waals surface area contributed by atoms with Gasteiger partial charge in [0.15, 0.2) is 0 Å². The molecule has 0 aliphatic rings. The Balaban J connectivity index is 1.89. The monoisotopic (exact) mass is 384 g/mol. The highest BCUT2D eigenvalue weighted by Gasteiger charge is 2.22. The Morgan fingerprint density at radius 3 is 2.33 bits per heavy atom. The summed E-state index contributed by atoms with van der Waals surface area (Å²) in [5.74, 6) is 0.763. The molecule has 4 nitrogen and oxygen atoms in total. The zero-order valence-electron chi connectivity index (χ0n) is 16.2. The fourth-order valence-corrected chi connectivity index (χ4v) is 3.54. The Hall–Kier alpha value is -2.27. The van der Waals surface area contributed by atoms with Gasteiger partial charge in [0.25, 0.3) is 5.91 Å². The summed E-state index contributed by atoms with van der Waals surface area (Å²) in [5.41, 5.74) is 1.51. The minimum Gasteiger partial charge on any atom is -0.353 e. The molecule has 2 aromatic carbocycles. The zero-order valence-corrected chi connectivity index (χ0v) is 17.0. The van der Waals surface area contributed by atoms with Crippen molar-refractivity contribution in [1.82, 2.24) is 10.6 Å². The molecule has 0 aliphatic heterocycles. The molecule has 0 spiro atoms. The molecule has 5 heteroatoms. The minimum absolute atomic E-state index is 0.126. The highest BCUT2D eigenvalue weighted by Crippen LogP contribution is 2.16. The van der Waals surface area contributed by atoms with Crippen LogP contribution in [0.15, 0.2) is 59.5 Å². The number of thioether (sulfide) groups is 1. The van der Waals surface area contributed by atoms with Gasteiger partial charge < -0.3 is 10.6 Å². The topological polar surface area (TPSA) is 58.2 Å². The Labute approximate surface area is 166 Å². The number of rotatable bonds is 9. The number of aryl methyl sites for hydroxylation is 1. The average Bonchev–Trinajstić information content (AvgIpc) is 2.65. The quantitative estimate of drug-likeness (QED) is 0.507. The van der Waals surface area contributed by atoms with Crippen LogP contribution in [0.4, 0.5) is 0 Å². The zero-order chi connectivity index (χ0) is 19.6. The lowest BCUT2D eigenvalue weighted by Gasteiger charge is -2.20. The number of hydrogen-bond donors (Lipinski definition) is 2. The number of amides is 2. The first-order valence-electron chi connectivity index (χ1n) is 9.29. The van der Waals surface area contributed by atoms with E-state index in [1.807, 2.05) is 57.2 Å². The summed E-state index contributed by atoms with van der Waals surface area (Å²) in [6.45, 7) is 6.55. The van der Waals surface area contributed by atoms with Crippen molar-refractivity contribution in [3.8, 4) is 0 Å². The normalized spacial score (nSPS) is 11.9. The first-order valence-corrected chi connectivity index (χ1v) is 10.3. The Kier molecular flexibility index (Phi) is 8.40. The summed E-state index contributed by atoms with van der Waals surface area (Å²) < 4.78 is 0. The molecule has 0 fully saturated rings. The van der Waals surface area contributed by atoms with Crippen molar-refractivity contribution in [2.45, 2.75) is 38.1 Å². The van der Waals surface area contributed by atoms with Crippen LogP contribution in [-0.4, -0.2) is 30.2 Å². The molecule has 0 saturated heterocycles. The molecule has 2 rings (SSSR count). The smallest absolute Gasteiger partial charge is 0.252 e. The fraction of sp³-hybridized carbons (Fsp3) is 0.364. The van der Waals surface area contributed by atoms with Gasteiger partial charge in [-0.05, 0) is 43.0 Å². The van der Waals surface area contributed by atoms with Gasteiger partial charge >= 0.3 is 0 Å². The van der Waals surface area contributed by atoms with Gasteiger partial charge in [0.1, 0.15) is 6.04 Å². The molecule has 0 bridgehead atoms. The summed E-state index contributed by atoms with van der Waals surface area (Å²) in [6.07, 6.45) is 0.606. The SMILES string of the molecule is Cc1ccccc1C(=O)N[C@@H](CC(C)C)C(=O)NCCSc1ccccc1. The van der Waals surface area contributed by atoms with Crippen molar-refractivity contribution in [2.75, 3.05) is 12.3 Å². The first kappa shape index (κ1) is 21.0. The molecule has 0 aromatic heterocycles. The largest absolute Gasteiger partial charge is 0.353 e. The van der Waals surface area contributed by atoms with E-state index in [9.17, 15) is 9.59 Å². The van der Waals surface area contributed by atoms with E-state index in [0.717, 1.165) is 11.3 Å². The van der Waals surface area contributed by atoms with Gasteiger partial charge in [-0.3, -0.25) is 9.59 Å². The third-order valence-corrected chi connectivity index (χ3v) is 5.15. The van der Waals surface area contributed by atoms with Crippen LogP contribution in [0.25, 0.3) is 0 Å². The third-order valence-electron chi connectivity index (χ3n) is 4.13. The Bertz CT molecular complexity index is 747. The van der Waals surface area contributed by atoms with Crippen LogP contribution >= 0.6 is 11.8 Å². The minimum atomic E-state index is -0.529. The molecule has 2 amide bonds. The van der Waals surface area contributed by atoms with Gasteiger partial charge in [0.2, 0.25) is 5.91 Å². The molecule has 27 heavy (non-hydrogen) atoms. The van der Waals surface area contributed by atoms with Gasteiger partial charge in [-0.2, -0.15) is 0 Å². The molecule has 144 valence electrons. The molecule has 0 saturated carbocycles. The molecular weight excluding hydrogens is 356 g/mol. The van der Waals surface area contributed by atoms with Gasteiger partial charge in [0.05, 0.1) is 0 Å². The first-order chi connectivity index (χ1) is 13.0. The lowest BCUT2D eigenvalue weighted by Crippen LogP contribution is -2.48. The molecule has 1 atom stereocenters. The summed E-state index contributed by atoms with van der Waals surface area (Å²) >= 11 is 1.70. The second kappa shape index (κ2) is 10.8. The van der Waals surface area contributed by atoms with Crippen molar-refractivity contribution in [3.05, 3.63) is 65.7 Å². The van der Waals surface area contributed by atoms with Crippen molar-refractivity contribution < 1.29 is 9.59 Å². The van der Waals surface area contributed by atoms with Crippen LogP contribution in [0.1, 0.15) is 36.2 Å². The fourth-order valence-electron chi connectivity index (χ4n) is 2.75. The predicted molar refractivity (Wildman–Crippen MR) is 112 cm³/mol. The molecular formula is C22H28N2O2S. The number of carbonyl (C=O) groups is 2. The summed E-state index contributed by atoms with van der Waals surface area (Å²) in [4.78, 5) is 26.4. The summed E-state index contributed by atoms with van der Waals surface area (Å²) in [6, 6.07) is 17.0. The predicted octanol–water partition coefficient (Wildman–Crippen LogP) is 4.05. The maximum Gasteiger partial charge on any atom is 0.252 e. The van der Waals surface area contributed by atoms with Crippen molar-refractivity contribution >= 4 is 23.6 Å². The molecule has 0 unspecified atom stereocenters. The van der Waals surface area contributed by atoms with Crippen LogP contribution in [0.2, 0.25) is 0 Å². The number of hydrogen-bond acceptors (Lipinski definition) is 3. The van der Waals surface area contributed by atoms with E-state index in [1.165, 1.54) is 4.90 Å². The van der Waals surface area contributed by atoms with E-state index >= 15 is 0 Å². The van der Waals surface area contributed by atoms with Gasteiger partial charge in [-0.1, -0.05) is 50.2 Å². The Morgan fingerprint density at radius 1 is 1.00 bits per heavy atom. The third kappa shape index (κ3) is 7.10. The Morgan fingerprint density at radius 2 is 1.67 bits per heavy atom. The highest BCUT2D eigenvalue weighted by molar-refractivity contribution is 7.99. The van der Waals surface area contributed by atoms with Crippen LogP contribution in [0.5, 0.6) is 0 Å². The standard InChI is InChI=1S/C22H28N2O2S/c1-16(2)15-20(24-21(25)19-12-8-7-9-17(19)3)22(26)23-13-14-27-18-10-5-4-6-11-18/h4-12,16,20H,13-15H2,1-3H3,(H,23,26)(H,24,25)/t20-/m0/s1. The molecule has 0 aliphatic carbocycles. The van der Waals surface area contributed by atoms with E-state index in [1.54, 1.807) is 17.8 Å². The number of carbonyl (C=O) groups excluding carboxylic acids is 2.